The summed E-state index contributed by atoms with van der Waals surface area (Å²) in [6, 6.07) is 1.97. The van der Waals surface area contributed by atoms with Crippen LogP contribution in [0.3, 0.4) is 0 Å². The van der Waals surface area contributed by atoms with Gasteiger partial charge in [0.05, 0.1) is 5.56 Å². The van der Waals surface area contributed by atoms with Crippen LogP contribution in [0.1, 0.15) is 16.1 Å². The zero-order chi connectivity index (χ0) is 18.2. The van der Waals surface area contributed by atoms with Crippen LogP contribution in [0.15, 0.2) is 16.7 Å². The van der Waals surface area contributed by atoms with Gasteiger partial charge in [0.2, 0.25) is 0 Å². The molecule has 1 aromatic carbocycles. The molecule has 0 aliphatic carbocycles. The summed E-state index contributed by atoms with van der Waals surface area (Å²) in [5, 5.41) is 20.7. The van der Waals surface area contributed by atoms with Gasteiger partial charge in [-0.05, 0) is 44.6 Å². The first-order valence-corrected chi connectivity index (χ1v) is 7.99. The van der Waals surface area contributed by atoms with Gasteiger partial charge in [-0.1, -0.05) is 6.07 Å². The number of hydrogen-bond donors (Lipinski definition) is 3. The lowest BCUT2D eigenvalue weighted by Gasteiger charge is -2.14. The van der Waals surface area contributed by atoms with Crippen LogP contribution in [0.4, 0.5) is 13.2 Å². The number of pyridine rings is 1. The highest BCUT2D eigenvalue weighted by Crippen LogP contribution is 2.41. The monoisotopic (exact) mass is 518 g/mol. The molecule has 0 bridgehead atoms. The zero-order valence-electron chi connectivity index (χ0n) is 11.4. The molecule has 0 aliphatic heterocycles. The van der Waals surface area contributed by atoms with Crippen molar-refractivity contribution in [2.24, 2.45) is 0 Å². The zero-order valence-corrected chi connectivity index (χ0v) is 15.2. The predicted octanol–water partition coefficient (Wildman–Crippen LogP) is 3.14. The summed E-state index contributed by atoms with van der Waals surface area (Å²) >= 11 is 4.46. The second-order valence-electron chi connectivity index (χ2n) is 4.52. The van der Waals surface area contributed by atoms with Crippen LogP contribution in [0.5, 0.6) is 5.75 Å². The Balaban J connectivity index is 2.69. The number of benzene rings is 1. The summed E-state index contributed by atoms with van der Waals surface area (Å²) in [7, 11) is 0. The average molecular weight is 519 g/mol. The normalized spacial score (nSPS) is 11.5. The molecule has 0 atom stereocenters. The molecule has 3 N–H and O–H groups in total. The minimum Gasteiger partial charge on any atom is -0.505 e. The number of aliphatic carboxylic acids is 1. The number of rotatable bonds is 3. The molecular weight excluding hydrogens is 512 g/mol. The standard InChI is InChI=1S/C13H7BrF3IN2O4/c14-11-4-1-2-5(13(15,16)17)8(18)7(4)10(23)9(20-11)12(24)19-3-6(21)22/h1-2,23H,3H2,(H,19,24)(H,21,22). The van der Waals surface area contributed by atoms with E-state index in [1.54, 1.807) is 0 Å². The number of carbonyl (C=O) groups is 2. The fraction of sp³-hybridized carbons (Fsp3) is 0.154. The van der Waals surface area contributed by atoms with Crippen molar-refractivity contribution in [3.8, 4) is 5.75 Å². The highest BCUT2D eigenvalue weighted by atomic mass is 127. The van der Waals surface area contributed by atoms with E-state index in [0.29, 0.717) is 0 Å². The van der Waals surface area contributed by atoms with Crippen molar-refractivity contribution in [3.05, 3.63) is 31.6 Å². The number of carboxylic acids is 1. The van der Waals surface area contributed by atoms with E-state index in [1.165, 1.54) is 22.6 Å². The van der Waals surface area contributed by atoms with Crippen molar-refractivity contribution in [3.63, 3.8) is 0 Å². The Morgan fingerprint density at radius 1 is 1.33 bits per heavy atom. The average Bonchev–Trinajstić information content (AvgIpc) is 2.46. The molecule has 1 heterocycles. The predicted molar refractivity (Wildman–Crippen MR) is 88.8 cm³/mol. The summed E-state index contributed by atoms with van der Waals surface area (Å²) in [5.74, 6) is -3.10. The number of fused-ring (bicyclic) bond motifs is 1. The Bertz CT molecular complexity index is 857. The molecule has 6 nitrogen and oxygen atoms in total. The Kier molecular flexibility index (Phi) is 5.22. The third-order valence-electron chi connectivity index (χ3n) is 2.96. The molecule has 1 amide bonds. The van der Waals surface area contributed by atoms with E-state index in [4.69, 9.17) is 5.11 Å². The molecule has 0 saturated carbocycles. The van der Waals surface area contributed by atoms with Crippen LogP contribution >= 0.6 is 38.5 Å². The second-order valence-corrected chi connectivity index (χ2v) is 6.35. The van der Waals surface area contributed by atoms with Gasteiger partial charge in [0.1, 0.15) is 11.1 Å². The lowest BCUT2D eigenvalue weighted by Crippen LogP contribution is -2.30. The van der Waals surface area contributed by atoms with E-state index in [2.05, 4.69) is 20.9 Å². The Morgan fingerprint density at radius 2 is 1.96 bits per heavy atom. The highest BCUT2D eigenvalue weighted by Gasteiger charge is 2.34. The quantitative estimate of drug-likeness (QED) is 0.428. The molecule has 2 rings (SSSR count). The van der Waals surface area contributed by atoms with Gasteiger partial charge >= 0.3 is 12.1 Å². The molecule has 128 valence electrons. The van der Waals surface area contributed by atoms with E-state index in [1.807, 2.05) is 5.32 Å². The summed E-state index contributed by atoms with van der Waals surface area (Å²) in [6.45, 7) is -0.727. The molecule has 0 unspecified atom stereocenters. The lowest BCUT2D eigenvalue weighted by atomic mass is 10.1. The largest absolute Gasteiger partial charge is 0.505 e. The number of aromatic nitrogens is 1. The van der Waals surface area contributed by atoms with Crippen LogP contribution in [0.25, 0.3) is 10.8 Å². The van der Waals surface area contributed by atoms with Crippen molar-refractivity contribution < 1.29 is 33.0 Å². The SMILES string of the molecule is O=C(O)CNC(=O)c1nc(Br)c2ccc(C(F)(F)F)c(I)c2c1O. The van der Waals surface area contributed by atoms with Gasteiger partial charge in [-0.3, -0.25) is 9.59 Å². The first kappa shape index (κ1) is 18.7. The Morgan fingerprint density at radius 3 is 2.50 bits per heavy atom. The molecule has 2 aromatic rings. The van der Waals surface area contributed by atoms with Crippen LogP contribution < -0.4 is 5.32 Å². The topological polar surface area (TPSA) is 99.5 Å². The van der Waals surface area contributed by atoms with Crippen LogP contribution in [-0.2, 0) is 11.0 Å². The van der Waals surface area contributed by atoms with Crippen molar-refractivity contribution in [2.75, 3.05) is 6.54 Å². The van der Waals surface area contributed by atoms with Crippen molar-refractivity contribution in [2.45, 2.75) is 6.18 Å². The van der Waals surface area contributed by atoms with Gasteiger partial charge in [-0.25, -0.2) is 4.98 Å². The van der Waals surface area contributed by atoms with Crippen LogP contribution in [-0.4, -0.2) is 33.6 Å². The fourth-order valence-electron chi connectivity index (χ4n) is 1.93. The number of alkyl halides is 3. The molecule has 0 fully saturated rings. The molecule has 1 aromatic heterocycles. The number of aromatic hydroxyl groups is 1. The Labute approximate surface area is 154 Å². The van der Waals surface area contributed by atoms with E-state index < -0.39 is 41.6 Å². The second kappa shape index (κ2) is 6.70. The number of carboxylic acid groups (broad SMARTS) is 1. The minimum atomic E-state index is -4.64. The summed E-state index contributed by atoms with van der Waals surface area (Å²) in [6.07, 6.45) is -4.64. The van der Waals surface area contributed by atoms with Gasteiger partial charge in [0.15, 0.2) is 11.4 Å². The molecule has 0 saturated heterocycles. The number of nitrogens with zero attached hydrogens (tertiary/aromatic N) is 1. The molecular formula is C13H7BrF3IN2O4. The number of amides is 1. The fourth-order valence-corrected chi connectivity index (χ4v) is 3.47. The van der Waals surface area contributed by atoms with Crippen molar-refractivity contribution >= 4 is 61.2 Å². The lowest BCUT2D eigenvalue weighted by molar-refractivity contribution is -0.138. The van der Waals surface area contributed by atoms with E-state index >= 15 is 0 Å². The van der Waals surface area contributed by atoms with Crippen molar-refractivity contribution in [1.29, 1.82) is 0 Å². The van der Waals surface area contributed by atoms with E-state index in [9.17, 15) is 27.9 Å². The molecule has 0 aliphatic rings. The molecule has 11 heteroatoms. The van der Waals surface area contributed by atoms with Gasteiger partial charge in [0, 0.05) is 14.3 Å². The molecule has 0 radical (unpaired) electrons. The smallest absolute Gasteiger partial charge is 0.417 e. The first-order chi connectivity index (χ1) is 11.0. The van der Waals surface area contributed by atoms with Crippen LogP contribution in [0, 0.1) is 3.57 Å². The highest BCUT2D eigenvalue weighted by molar-refractivity contribution is 14.1. The van der Waals surface area contributed by atoms with Gasteiger partial charge in [-0.2, -0.15) is 13.2 Å². The minimum absolute atomic E-state index is 0.0439. The number of halogens is 5. The summed E-state index contributed by atoms with van der Waals surface area (Å²) < 4.78 is 38.8. The maximum Gasteiger partial charge on any atom is 0.417 e. The van der Waals surface area contributed by atoms with Gasteiger partial charge < -0.3 is 15.5 Å². The Hall–Kier alpha value is -1.63. The number of hydrogen-bond acceptors (Lipinski definition) is 4. The third-order valence-corrected chi connectivity index (χ3v) is 4.68. The van der Waals surface area contributed by atoms with Gasteiger partial charge in [0.25, 0.3) is 5.91 Å². The summed E-state index contributed by atoms with van der Waals surface area (Å²) in [5.41, 5.74) is -1.55. The third kappa shape index (κ3) is 3.55. The van der Waals surface area contributed by atoms with Crippen molar-refractivity contribution in [1.82, 2.24) is 10.3 Å². The maximum absolute atomic E-state index is 13.0. The maximum atomic E-state index is 13.0. The van der Waals surface area contributed by atoms with E-state index in [-0.39, 0.29) is 18.9 Å². The van der Waals surface area contributed by atoms with E-state index in [0.717, 1.165) is 12.1 Å². The number of nitrogens with one attached hydrogen (secondary N) is 1. The van der Waals surface area contributed by atoms with Crippen LogP contribution in [0.2, 0.25) is 0 Å². The molecule has 0 spiro atoms. The first-order valence-electron chi connectivity index (χ1n) is 6.12. The number of carbonyl (C=O) groups excluding carboxylic acids is 1. The van der Waals surface area contributed by atoms with Gasteiger partial charge in [-0.15, -0.1) is 0 Å². The summed E-state index contributed by atoms with van der Waals surface area (Å²) in [4.78, 5) is 26.2. The molecule has 24 heavy (non-hydrogen) atoms.